The van der Waals surface area contributed by atoms with E-state index in [-0.39, 0.29) is 4.90 Å². The van der Waals surface area contributed by atoms with Gasteiger partial charge in [-0.15, -0.1) is 0 Å². The fraction of sp³-hybridized carbons (Fsp3) is 0.0833. The van der Waals surface area contributed by atoms with Crippen LogP contribution >= 0.6 is 0 Å². The second-order valence-electron chi connectivity index (χ2n) is 7.58. The van der Waals surface area contributed by atoms with Crippen LogP contribution in [-0.2, 0) is 10.0 Å². The zero-order valence-corrected chi connectivity index (χ0v) is 18.3. The van der Waals surface area contributed by atoms with Crippen LogP contribution in [0.15, 0.2) is 88.4 Å². The molecule has 0 aliphatic rings. The second kappa shape index (κ2) is 7.65. The van der Waals surface area contributed by atoms with Crippen molar-refractivity contribution >= 4 is 43.3 Å². The Balaban J connectivity index is 1.53. The van der Waals surface area contributed by atoms with Crippen molar-refractivity contribution in [3.63, 3.8) is 0 Å². The molecule has 160 valence electrons. The SMILES string of the molecule is CN(C)c1cccc2c(S(=O)(=O)Nc3cncc(-c4nc5ccccc5o4)c3)cccc12. The highest BCUT2D eigenvalue weighted by molar-refractivity contribution is 7.93. The van der Waals surface area contributed by atoms with Crippen LogP contribution in [0.4, 0.5) is 11.4 Å². The van der Waals surface area contributed by atoms with E-state index in [1.807, 2.05) is 67.5 Å². The molecule has 5 rings (SSSR count). The van der Waals surface area contributed by atoms with Crippen LogP contribution in [0.3, 0.4) is 0 Å². The zero-order valence-electron chi connectivity index (χ0n) is 17.5. The highest BCUT2D eigenvalue weighted by atomic mass is 32.2. The van der Waals surface area contributed by atoms with Gasteiger partial charge in [0.25, 0.3) is 10.0 Å². The number of hydrogen-bond acceptors (Lipinski definition) is 6. The number of benzene rings is 3. The monoisotopic (exact) mass is 444 g/mol. The van der Waals surface area contributed by atoms with Gasteiger partial charge in [0.05, 0.1) is 22.3 Å². The lowest BCUT2D eigenvalue weighted by molar-refractivity contribution is 0.602. The molecule has 0 aliphatic heterocycles. The summed E-state index contributed by atoms with van der Waals surface area (Å²) in [6, 6.07) is 20.0. The van der Waals surface area contributed by atoms with Crippen LogP contribution in [-0.4, -0.2) is 32.5 Å². The van der Waals surface area contributed by atoms with Gasteiger partial charge in [-0.3, -0.25) is 9.71 Å². The number of sulfonamides is 1. The molecule has 5 aromatic rings. The molecule has 0 fully saturated rings. The lowest BCUT2D eigenvalue weighted by Crippen LogP contribution is -2.14. The molecular weight excluding hydrogens is 424 g/mol. The van der Waals surface area contributed by atoms with Gasteiger partial charge in [-0.1, -0.05) is 36.4 Å². The van der Waals surface area contributed by atoms with Crippen molar-refractivity contribution in [1.82, 2.24) is 9.97 Å². The molecule has 0 saturated carbocycles. The molecule has 2 heterocycles. The largest absolute Gasteiger partial charge is 0.436 e. The van der Waals surface area contributed by atoms with Crippen molar-refractivity contribution in [3.8, 4) is 11.5 Å². The average Bonchev–Trinajstić information content (AvgIpc) is 3.22. The summed E-state index contributed by atoms with van der Waals surface area (Å²) in [5, 5.41) is 1.51. The number of anilines is 2. The third kappa shape index (κ3) is 3.54. The summed E-state index contributed by atoms with van der Waals surface area (Å²) in [7, 11) is -0.00942. The smallest absolute Gasteiger partial charge is 0.262 e. The summed E-state index contributed by atoms with van der Waals surface area (Å²) in [5.74, 6) is 0.375. The van der Waals surface area contributed by atoms with E-state index in [1.54, 1.807) is 24.4 Å². The topological polar surface area (TPSA) is 88.3 Å². The van der Waals surface area contributed by atoms with Gasteiger partial charge in [0.1, 0.15) is 5.52 Å². The van der Waals surface area contributed by atoms with E-state index < -0.39 is 10.0 Å². The van der Waals surface area contributed by atoms with Crippen LogP contribution in [0.5, 0.6) is 0 Å². The molecule has 0 atom stereocenters. The van der Waals surface area contributed by atoms with Crippen LogP contribution in [0.25, 0.3) is 33.3 Å². The Morgan fingerprint density at radius 3 is 2.50 bits per heavy atom. The first-order valence-electron chi connectivity index (χ1n) is 9.95. The molecule has 2 aromatic heterocycles. The van der Waals surface area contributed by atoms with Crippen LogP contribution in [0.2, 0.25) is 0 Å². The lowest BCUT2D eigenvalue weighted by atomic mass is 10.1. The highest BCUT2D eigenvalue weighted by Gasteiger charge is 2.19. The minimum atomic E-state index is -3.87. The van der Waals surface area contributed by atoms with Gasteiger partial charge in [-0.2, -0.15) is 0 Å². The molecule has 3 aromatic carbocycles. The van der Waals surface area contributed by atoms with Crippen LogP contribution in [0.1, 0.15) is 0 Å². The van der Waals surface area contributed by atoms with Gasteiger partial charge in [0, 0.05) is 36.8 Å². The molecule has 0 bridgehead atoms. The molecular formula is C24H20N4O3S. The van der Waals surface area contributed by atoms with E-state index in [0.29, 0.717) is 28.1 Å². The number of para-hydroxylation sites is 2. The second-order valence-corrected chi connectivity index (χ2v) is 9.23. The number of nitrogens with zero attached hydrogens (tertiary/aromatic N) is 3. The molecule has 0 saturated heterocycles. The van der Waals surface area contributed by atoms with Gasteiger partial charge in [-0.25, -0.2) is 13.4 Å². The molecule has 0 radical (unpaired) electrons. The fourth-order valence-corrected chi connectivity index (χ4v) is 4.96. The maximum atomic E-state index is 13.3. The lowest BCUT2D eigenvalue weighted by Gasteiger charge is -2.17. The fourth-order valence-electron chi connectivity index (χ4n) is 3.71. The number of hydrogen-bond donors (Lipinski definition) is 1. The number of pyridine rings is 1. The Morgan fingerprint density at radius 2 is 1.69 bits per heavy atom. The summed E-state index contributed by atoms with van der Waals surface area (Å²) in [4.78, 5) is 10.8. The first kappa shape index (κ1) is 20.0. The first-order valence-corrected chi connectivity index (χ1v) is 11.4. The number of aromatic nitrogens is 2. The number of rotatable bonds is 5. The Hall–Kier alpha value is -3.91. The van der Waals surface area contributed by atoms with Crippen molar-refractivity contribution in [2.75, 3.05) is 23.7 Å². The summed E-state index contributed by atoms with van der Waals surface area (Å²) in [6.45, 7) is 0. The zero-order chi connectivity index (χ0) is 22.3. The summed E-state index contributed by atoms with van der Waals surface area (Å²) in [6.07, 6.45) is 3.05. The van der Waals surface area contributed by atoms with Gasteiger partial charge in [-0.05, 0) is 30.3 Å². The molecule has 0 amide bonds. The van der Waals surface area contributed by atoms with Crippen molar-refractivity contribution in [3.05, 3.63) is 79.1 Å². The van der Waals surface area contributed by atoms with E-state index in [0.717, 1.165) is 16.6 Å². The summed E-state index contributed by atoms with van der Waals surface area (Å²) < 4.78 is 35.0. The Morgan fingerprint density at radius 1 is 0.906 bits per heavy atom. The molecule has 0 aliphatic carbocycles. The molecule has 32 heavy (non-hydrogen) atoms. The minimum absolute atomic E-state index is 0.200. The summed E-state index contributed by atoms with van der Waals surface area (Å²) in [5.41, 5.74) is 3.22. The third-order valence-electron chi connectivity index (χ3n) is 5.16. The Kier molecular flexibility index (Phi) is 4.79. The van der Waals surface area contributed by atoms with E-state index >= 15 is 0 Å². The van der Waals surface area contributed by atoms with Gasteiger partial charge in [0.15, 0.2) is 5.58 Å². The molecule has 7 nitrogen and oxygen atoms in total. The van der Waals surface area contributed by atoms with E-state index in [2.05, 4.69) is 14.7 Å². The summed E-state index contributed by atoms with van der Waals surface area (Å²) >= 11 is 0. The van der Waals surface area contributed by atoms with Crippen LogP contribution < -0.4 is 9.62 Å². The quantitative estimate of drug-likeness (QED) is 0.414. The van der Waals surface area contributed by atoms with Crippen LogP contribution in [0, 0.1) is 0 Å². The van der Waals surface area contributed by atoms with Gasteiger partial charge < -0.3 is 9.32 Å². The molecule has 0 spiro atoms. The average molecular weight is 445 g/mol. The van der Waals surface area contributed by atoms with Crippen molar-refractivity contribution in [2.45, 2.75) is 4.90 Å². The molecule has 8 heteroatoms. The van der Waals surface area contributed by atoms with E-state index in [9.17, 15) is 8.42 Å². The van der Waals surface area contributed by atoms with Crippen molar-refractivity contribution in [2.24, 2.45) is 0 Å². The highest BCUT2D eigenvalue weighted by Crippen LogP contribution is 2.32. The molecule has 0 unspecified atom stereocenters. The standard InChI is InChI=1S/C24H20N4O3S/c1-28(2)21-10-5-8-19-18(21)7-6-12-23(19)32(29,30)27-17-13-16(14-25-15-17)24-26-20-9-3-4-11-22(20)31-24/h3-15,27H,1-2H3. The van der Waals surface area contributed by atoms with Gasteiger partial charge >= 0.3 is 0 Å². The maximum absolute atomic E-state index is 13.3. The molecule has 1 N–H and O–H groups in total. The van der Waals surface area contributed by atoms with E-state index in [4.69, 9.17) is 4.42 Å². The Labute approximate surface area is 185 Å². The Bertz CT molecular complexity index is 1530. The van der Waals surface area contributed by atoms with Gasteiger partial charge in [0.2, 0.25) is 5.89 Å². The van der Waals surface area contributed by atoms with Crippen molar-refractivity contribution < 1.29 is 12.8 Å². The van der Waals surface area contributed by atoms with Crippen molar-refractivity contribution in [1.29, 1.82) is 0 Å². The van der Waals surface area contributed by atoms with E-state index in [1.165, 1.54) is 6.20 Å². The third-order valence-corrected chi connectivity index (χ3v) is 6.60. The number of oxazole rings is 1. The predicted molar refractivity (Wildman–Crippen MR) is 126 cm³/mol. The maximum Gasteiger partial charge on any atom is 0.262 e. The normalized spacial score (nSPS) is 11.7. The minimum Gasteiger partial charge on any atom is -0.436 e. The number of nitrogens with one attached hydrogen (secondary N) is 1. The first-order chi connectivity index (χ1) is 15.4. The number of fused-ring (bicyclic) bond motifs is 2. The predicted octanol–water partition coefficient (Wildman–Crippen LogP) is 4.91.